The molecule has 1 aromatic carbocycles. The molecule has 2 aromatic heterocycles. The third kappa shape index (κ3) is 4.84. The zero-order chi connectivity index (χ0) is 27.2. The number of halogens is 2. The summed E-state index contributed by atoms with van der Waals surface area (Å²) in [6, 6.07) is 1.82. The lowest BCUT2D eigenvalue weighted by Crippen LogP contribution is -2.40. The van der Waals surface area contributed by atoms with Gasteiger partial charge in [-0.1, -0.05) is 13.8 Å². The first kappa shape index (κ1) is 26.7. The van der Waals surface area contributed by atoms with Crippen LogP contribution in [0.3, 0.4) is 0 Å². The Kier molecular flexibility index (Phi) is 7.37. The van der Waals surface area contributed by atoms with Gasteiger partial charge in [-0.3, -0.25) is 18.7 Å². The number of fused-ring (bicyclic) bond motifs is 2. The molecule has 0 radical (unpaired) electrons. The molecule has 3 heterocycles. The number of nitrogens with one attached hydrogen (secondary N) is 2. The number of carbonyl (C=O) groups is 1. The number of carbonyl (C=O) groups excluding carboxylic acids is 1. The summed E-state index contributed by atoms with van der Waals surface area (Å²) in [7, 11) is 1.31. The van der Waals surface area contributed by atoms with Gasteiger partial charge in [-0.05, 0) is 5.92 Å². The second-order valence-corrected chi connectivity index (χ2v) is 10.3. The average molecular weight is 541 g/mol. The van der Waals surface area contributed by atoms with Crippen molar-refractivity contribution in [3.05, 3.63) is 55.0 Å². The summed E-state index contributed by atoms with van der Waals surface area (Å²) in [5.41, 5.74) is -1.01. The van der Waals surface area contributed by atoms with E-state index in [9.17, 15) is 33.4 Å². The fraction of sp³-hybridized carbons (Fsp3) is 0.435. The van der Waals surface area contributed by atoms with Gasteiger partial charge >= 0.3 is 5.69 Å². The average Bonchev–Trinajstić information content (AvgIpc) is 3.36. The molecule has 11 nitrogen and oxygen atoms in total. The van der Waals surface area contributed by atoms with E-state index in [4.69, 9.17) is 5.11 Å². The Hall–Kier alpha value is -3.33. The van der Waals surface area contributed by atoms with Gasteiger partial charge in [-0.15, -0.1) is 11.3 Å². The maximum atomic E-state index is 14.0. The number of anilines is 2. The molecule has 1 aliphatic heterocycles. The van der Waals surface area contributed by atoms with Crippen LogP contribution >= 0.6 is 11.3 Å². The van der Waals surface area contributed by atoms with Gasteiger partial charge in [0.1, 0.15) is 10.9 Å². The molecule has 3 aromatic rings. The van der Waals surface area contributed by atoms with E-state index >= 15 is 0 Å². The van der Waals surface area contributed by atoms with Gasteiger partial charge in [-0.2, -0.15) is 0 Å². The Labute approximate surface area is 213 Å². The number of aliphatic hydroxyl groups is 2. The van der Waals surface area contributed by atoms with Crippen molar-refractivity contribution in [1.29, 1.82) is 0 Å². The number of nitrogens with zero attached hydrogens (tertiary/aromatic N) is 3. The molecule has 4 rings (SSSR count). The number of aliphatic hydroxyl groups excluding tert-OH is 2. The van der Waals surface area contributed by atoms with Gasteiger partial charge in [0.15, 0.2) is 18.2 Å². The van der Waals surface area contributed by atoms with Crippen molar-refractivity contribution in [2.24, 2.45) is 13.0 Å². The minimum Gasteiger partial charge on any atom is -0.443 e. The fourth-order valence-corrected chi connectivity index (χ4v) is 5.48. The molecule has 0 saturated carbocycles. The van der Waals surface area contributed by atoms with Crippen LogP contribution in [0.5, 0.6) is 0 Å². The summed E-state index contributed by atoms with van der Waals surface area (Å²) in [6.07, 6.45) is -2.52. The largest absolute Gasteiger partial charge is 0.443 e. The Morgan fingerprint density at radius 2 is 1.95 bits per heavy atom. The van der Waals surface area contributed by atoms with E-state index in [1.807, 2.05) is 13.8 Å². The smallest absolute Gasteiger partial charge is 0.331 e. The lowest BCUT2D eigenvalue weighted by atomic mass is 10.1. The molecule has 200 valence electrons. The van der Waals surface area contributed by atoms with Crippen molar-refractivity contribution < 1.29 is 28.9 Å². The van der Waals surface area contributed by atoms with Crippen LogP contribution < -0.4 is 26.8 Å². The highest BCUT2D eigenvalue weighted by Gasteiger charge is 2.33. The molecular formula is C23H28F2N5O6S+. The number of rotatable bonds is 8. The third-order valence-corrected chi connectivity index (χ3v) is 7.19. The number of thiophene rings is 1. The van der Waals surface area contributed by atoms with Crippen LogP contribution in [-0.2, 0) is 20.1 Å². The molecule has 0 aliphatic carbocycles. The van der Waals surface area contributed by atoms with Crippen LogP contribution in [0.2, 0.25) is 0 Å². The molecule has 0 spiro atoms. The molecule has 1 unspecified atom stereocenters. The highest BCUT2D eigenvalue weighted by atomic mass is 32.1. The maximum Gasteiger partial charge on any atom is 0.331 e. The number of hydrogen-bond acceptors (Lipinski definition) is 8. The quantitative estimate of drug-likeness (QED) is 0.298. The summed E-state index contributed by atoms with van der Waals surface area (Å²) >= 11 is 1.01. The first-order valence-corrected chi connectivity index (χ1v) is 12.3. The van der Waals surface area contributed by atoms with Crippen LogP contribution in [0.4, 0.5) is 20.2 Å². The van der Waals surface area contributed by atoms with E-state index in [1.54, 1.807) is 0 Å². The lowest BCUT2D eigenvalue weighted by molar-refractivity contribution is 0.0802. The SMILES string of the molecule is CC(C)Cn1c(=O)n(C)c(=O)c2c(C(=O)NC[C@H](O)C[OH2+])c(CN3c4cc(F)c(F)cc4NC3O)sc21. The number of hydrogen-bond donors (Lipinski definition) is 4. The van der Waals surface area contributed by atoms with Gasteiger partial charge in [0.25, 0.3) is 11.5 Å². The van der Waals surface area contributed by atoms with E-state index in [-0.39, 0.29) is 64.2 Å². The molecule has 1 aliphatic rings. The highest BCUT2D eigenvalue weighted by molar-refractivity contribution is 7.19. The molecule has 0 fully saturated rings. The monoisotopic (exact) mass is 540 g/mol. The standard InChI is InChI=1S/C23H27F2N5O6S/c1-10(2)7-30-21-18(20(34)28(3)23(30)36)17(19(33)26-6-11(32)9-31)16(37-21)8-29-15-5-13(25)12(24)4-14(15)27-22(29)35/h4-5,10-11,22,27,31-32,35H,6-9H2,1-3H3,(H,26,33)/p+1/t11-,22?/m0/s1. The van der Waals surface area contributed by atoms with Gasteiger partial charge in [0.05, 0.1) is 35.4 Å². The Bertz CT molecular complexity index is 1480. The minimum absolute atomic E-state index is 0.00670. The summed E-state index contributed by atoms with van der Waals surface area (Å²) in [4.78, 5) is 41.4. The third-order valence-electron chi connectivity index (χ3n) is 5.99. The summed E-state index contributed by atoms with van der Waals surface area (Å²) in [5, 5.41) is 32.8. The van der Waals surface area contributed by atoms with Gasteiger partial charge in [0.2, 0.25) is 6.35 Å². The van der Waals surface area contributed by atoms with Crippen molar-refractivity contribution in [1.82, 2.24) is 14.5 Å². The Morgan fingerprint density at radius 3 is 2.59 bits per heavy atom. The normalized spacial score (nSPS) is 15.8. The van der Waals surface area contributed by atoms with E-state index in [1.165, 1.54) is 16.5 Å². The van der Waals surface area contributed by atoms with E-state index in [0.29, 0.717) is 0 Å². The van der Waals surface area contributed by atoms with Crippen LogP contribution in [0, 0.1) is 17.6 Å². The van der Waals surface area contributed by atoms with Gasteiger partial charge in [-0.25, -0.2) is 13.6 Å². The van der Waals surface area contributed by atoms with Crippen LogP contribution in [-0.4, -0.2) is 56.0 Å². The van der Waals surface area contributed by atoms with Gasteiger partial charge < -0.3 is 30.9 Å². The van der Waals surface area contributed by atoms with Crippen LogP contribution in [0.15, 0.2) is 21.7 Å². The molecule has 14 heteroatoms. The summed E-state index contributed by atoms with van der Waals surface area (Å²) in [5.74, 6) is -2.91. The Balaban J connectivity index is 1.91. The number of amides is 1. The van der Waals surface area contributed by atoms with E-state index in [2.05, 4.69) is 10.6 Å². The first-order valence-electron chi connectivity index (χ1n) is 11.5. The second kappa shape index (κ2) is 10.2. The van der Waals surface area contributed by atoms with Crippen molar-refractivity contribution in [3.63, 3.8) is 0 Å². The number of benzene rings is 1. The number of aromatic nitrogens is 2. The highest BCUT2D eigenvalue weighted by Crippen LogP contribution is 2.39. The molecule has 37 heavy (non-hydrogen) atoms. The van der Waals surface area contributed by atoms with Crippen LogP contribution in [0.25, 0.3) is 10.2 Å². The molecular weight excluding hydrogens is 512 g/mol. The predicted octanol–water partition coefficient (Wildman–Crippen LogP) is 0.219. The molecule has 6 N–H and O–H groups in total. The summed E-state index contributed by atoms with van der Waals surface area (Å²) in [6.45, 7) is 3.27. The Morgan fingerprint density at radius 1 is 1.27 bits per heavy atom. The zero-order valence-corrected chi connectivity index (χ0v) is 21.2. The van der Waals surface area contributed by atoms with Crippen LogP contribution in [0.1, 0.15) is 29.1 Å². The van der Waals surface area contributed by atoms with E-state index < -0.39 is 41.2 Å². The van der Waals surface area contributed by atoms with Crippen molar-refractivity contribution in [2.45, 2.75) is 39.4 Å². The molecule has 1 amide bonds. The molecule has 0 bridgehead atoms. The fourth-order valence-electron chi connectivity index (χ4n) is 4.19. The second-order valence-electron chi connectivity index (χ2n) is 9.23. The summed E-state index contributed by atoms with van der Waals surface area (Å²) < 4.78 is 30.1. The van der Waals surface area contributed by atoms with Crippen molar-refractivity contribution in [2.75, 3.05) is 23.4 Å². The molecule has 2 atom stereocenters. The predicted molar refractivity (Wildman–Crippen MR) is 135 cm³/mol. The van der Waals surface area contributed by atoms with Gasteiger partial charge in [0, 0.05) is 30.6 Å². The zero-order valence-electron chi connectivity index (χ0n) is 20.3. The van der Waals surface area contributed by atoms with Crippen molar-refractivity contribution in [3.8, 4) is 0 Å². The minimum atomic E-state index is -1.39. The lowest BCUT2D eigenvalue weighted by Gasteiger charge is -2.22. The maximum absolute atomic E-state index is 14.0. The van der Waals surface area contributed by atoms with E-state index in [0.717, 1.165) is 28.0 Å². The molecule has 0 saturated heterocycles. The first-order chi connectivity index (χ1) is 17.4. The topological polar surface area (TPSA) is 152 Å². The van der Waals surface area contributed by atoms with Crippen molar-refractivity contribution >= 4 is 38.8 Å².